The molecular formula is C20H23NO3. The van der Waals surface area contributed by atoms with Crippen LogP contribution in [0.1, 0.15) is 5.56 Å². The van der Waals surface area contributed by atoms with Crippen LogP contribution in [-0.2, 0) is 6.42 Å². The number of fused-ring (bicyclic) bond motifs is 1. The summed E-state index contributed by atoms with van der Waals surface area (Å²) in [6, 6.07) is 15.8. The molecule has 0 bridgehead atoms. The zero-order chi connectivity index (χ0) is 16.8. The molecule has 0 aliphatic carbocycles. The van der Waals surface area contributed by atoms with E-state index >= 15 is 0 Å². The van der Waals surface area contributed by atoms with Crippen molar-refractivity contribution in [1.82, 2.24) is 0 Å². The summed E-state index contributed by atoms with van der Waals surface area (Å²) in [7, 11) is 0. The molecule has 1 aliphatic heterocycles. The summed E-state index contributed by atoms with van der Waals surface area (Å²) in [5.74, 6) is 1.67. The third-order valence-corrected chi connectivity index (χ3v) is 4.02. The number of hydrogen-bond acceptors (Lipinski definition) is 4. The molecule has 2 aromatic carbocycles. The van der Waals surface area contributed by atoms with Crippen LogP contribution in [0.25, 0.3) is 0 Å². The lowest BCUT2D eigenvalue weighted by atomic mass is 10.1. The standard InChI is InChI=1S/C20H23NO3/c1-2-7-16-8-3-5-10-19(16)24-15-17(22)14-21-12-13-23-20-11-6-4-9-18(20)21/h2-6,8-11,17,22H,1,7,12-15H2. The first-order chi connectivity index (χ1) is 11.8. The van der Waals surface area contributed by atoms with Crippen LogP contribution in [0.5, 0.6) is 11.5 Å². The van der Waals surface area contributed by atoms with E-state index in [1.165, 1.54) is 0 Å². The Labute approximate surface area is 142 Å². The number of allylic oxidation sites excluding steroid dienone is 1. The fraction of sp³-hybridized carbons (Fsp3) is 0.300. The first-order valence-electron chi connectivity index (χ1n) is 8.24. The number of benzene rings is 2. The molecule has 126 valence electrons. The molecule has 1 atom stereocenters. The largest absolute Gasteiger partial charge is 0.491 e. The van der Waals surface area contributed by atoms with E-state index in [9.17, 15) is 5.11 Å². The molecule has 4 heteroatoms. The van der Waals surface area contributed by atoms with Gasteiger partial charge in [0.15, 0.2) is 0 Å². The number of aliphatic hydroxyl groups is 1. The van der Waals surface area contributed by atoms with Gasteiger partial charge >= 0.3 is 0 Å². The van der Waals surface area contributed by atoms with Gasteiger partial charge < -0.3 is 19.5 Å². The van der Waals surface area contributed by atoms with E-state index in [-0.39, 0.29) is 6.61 Å². The minimum Gasteiger partial charge on any atom is -0.491 e. The van der Waals surface area contributed by atoms with Crippen LogP contribution in [0.2, 0.25) is 0 Å². The van der Waals surface area contributed by atoms with Crippen LogP contribution in [0.3, 0.4) is 0 Å². The van der Waals surface area contributed by atoms with Crippen molar-refractivity contribution in [3.63, 3.8) is 0 Å². The van der Waals surface area contributed by atoms with Crippen molar-refractivity contribution in [2.75, 3.05) is 31.2 Å². The summed E-state index contributed by atoms with van der Waals surface area (Å²) in [5.41, 5.74) is 2.10. The van der Waals surface area contributed by atoms with Crippen molar-refractivity contribution in [3.8, 4) is 11.5 Å². The van der Waals surface area contributed by atoms with Crippen LogP contribution in [0.4, 0.5) is 5.69 Å². The van der Waals surface area contributed by atoms with Crippen LogP contribution in [0.15, 0.2) is 61.2 Å². The molecule has 0 spiro atoms. The van der Waals surface area contributed by atoms with Crippen LogP contribution in [-0.4, -0.2) is 37.5 Å². The van der Waals surface area contributed by atoms with Gasteiger partial charge in [-0.3, -0.25) is 0 Å². The van der Waals surface area contributed by atoms with Crippen LogP contribution < -0.4 is 14.4 Å². The van der Waals surface area contributed by atoms with Crippen molar-refractivity contribution < 1.29 is 14.6 Å². The monoisotopic (exact) mass is 325 g/mol. The van der Waals surface area contributed by atoms with Crippen molar-refractivity contribution >= 4 is 5.69 Å². The maximum atomic E-state index is 10.4. The molecule has 24 heavy (non-hydrogen) atoms. The second-order valence-corrected chi connectivity index (χ2v) is 5.83. The molecule has 1 aliphatic rings. The van der Waals surface area contributed by atoms with Gasteiger partial charge in [0, 0.05) is 6.54 Å². The van der Waals surface area contributed by atoms with Crippen molar-refractivity contribution in [1.29, 1.82) is 0 Å². The second-order valence-electron chi connectivity index (χ2n) is 5.83. The highest BCUT2D eigenvalue weighted by molar-refractivity contribution is 5.59. The SMILES string of the molecule is C=CCc1ccccc1OCC(O)CN1CCOc2ccccc21. The average Bonchev–Trinajstić information content (AvgIpc) is 2.62. The Balaban J connectivity index is 1.59. The predicted molar refractivity (Wildman–Crippen MR) is 96.0 cm³/mol. The number of hydrogen-bond donors (Lipinski definition) is 1. The van der Waals surface area contributed by atoms with E-state index in [0.717, 1.165) is 35.7 Å². The molecular weight excluding hydrogens is 302 g/mol. The zero-order valence-electron chi connectivity index (χ0n) is 13.7. The molecule has 4 nitrogen and oxygen atoms in total. The molecule has 3 rings (SSSR count). The summed E-state index contributed by atoms with van der Waals surface area (Å²) in [6.07, 6.45) is 2.03. The van der Waals surface area contributed by atoms with Crippen LogP contribution in [0, 0.1) is 0 Å². The number of para-hydroxylation sites is 3. The Morgan fingerprint density at radius 3 is 2.88 bits per heavy atom. The first kappa shape index (κ1) is 16.4. The molecule has 0 aromatic heterocycles. The van der Waals surface area contributed by atoms with Crippen molar-refractivity contribution in [2.45, 2.75) is 12.5 Å². The highest BCUT2D eigenvalue weighted by atomic mass is 16.5. The Morgan fingerprint density at radius 1 is 1.21 bits per heavy atom. The van der Waals surface area contributed by atoms with Gasteiger partial charge in [-0.15, -0.1) is 6.58 Å². The fourth-order valence-corrected chi connectivity index (χ4v) is 2.88. The van der Waals surface area contributed by atoms with Gasteiger partial charge in [-0.25, -0.2) is 0 Å². The quantitative estimate of drug-likeness (QED) is 0.795. The highest BCUT2D eigenvalue weighted by Crippen LogP contribution is 2.30. The van der Waals surface area contributed by atoms with Crippen molar-refractivity contribution in [2.24, 2.45) is 0 Å². The lowest BCUT2D eigenvalue weighted by molar-refractivity contribution is 0.110. The van der Waals surface area contributed by atoms with Crippen molar-refractivity contribution in [3.05, 3.63) is 66.7 Å². The van der Waals surface area contributed by atoms with Gasteiger partial charge in [0.05, 0.1) is 12.2 Å². The van der Waals surface area contributed by atoms with E-state index in [0.29, 0.717) is 13.2 Å². The third-order valence-electron chi connectivity index (χ3n) is 4.02. The lowest BCUT2D eigenvalue weighted by Gasteiger charge is -2.32. The lowest BCUT2D eigenvalue weighted by Crippen LogP contribution is -2.40. The third kappa shape index (κ3) is 3.89. The maximum absolute atomic E-state index is 10.4. The molecule has 2 aromatic rings. The molecule has 0 radical (unpaired) electrons. The first-order valence-corrected chi connectivity index (χ1v) is 8.24. The molecule has 1 unspecified atom stereocenters. The number of β-amino-alcohol motifs (C(OH)–C–C–N with tert-alkyl or cyclic N) is 1. The Morgan fingerprint density at radius 2 is 2.00 bits per heavy atom. The van der Waals surface area contributed by atoms with Crippen LogP contribution >= 0.6 is 0 Å². The molecule has 0 saturated heterocycles. The predicted octanol–water partition coefficient (Wildman–Crippen LogP) is 3.05. The topological polar surface area (TPSA) is 41.9 Å². The van der Waals surface area contributed by atoms with E-state index in [4.69, 9.17) is 9.47 Å². The molecule has 0 amide bonds. The number of rotatable bonds is 7. The molecule has 1 N–H and O–H groups in total. The molecule has 0 saturated carbocycles. The van der Waals surface area contributed by atoms with Gasteiger partial charge in [-0.2, -0.15) is 0 Å². The molecule has 1 heterocycles. The minimum atomic E-state index is -0.576. The Bertz CT molecular complexity index is 686. The fourth-order valence-electron chi connectivity index (χ4n) is 2.88. The number of aliphatic hydroxyl groups excluding tert-OH is 1. The van der Waals surface area contributed by atoms with Gasteiger partial charge in [0.25, 0.3) is 0 Å². The zero-order valence-corrected chi connectivity index (χ0v) is 13.7. The van der Waals surface area contributed by atoms with E-state index in [1.807, 2.05) is 54.6 Å². The second kappa shape index (κ2) is 7.88. The maximum Gasteiger partial charge on any atom is 0.142 e. The normalized spacial score (nSPS) is 14.5. The number of ether oxygens (including phenoxy) is 2. The summed E-state index contributed by atoms with van der Waals surface area (Å²) in [5, 5.41) is 10.4. The molecule has 0 fully saturated rings. The van der Waals surface area contributed by atoms with Gasteiger partial charge in [0.2, 0.25) is 0 Å². The summed E-state index contributed by atoms with van der Waals surface area (Å²) < 4.78 is 11.5. The smallest absolute Gasteiger partial charge is 0.142 e. The number of anilines is 1. The minimum absolute atomic E-state index is 0.258. The van der Waals surface area contributed by atoms with Gasteiger partial charge in [-0.1, -0.05) is 36.4 Å². The summed E-state index contributed by atoms with van der Waals surface area (Å²) in [4.78, 5) is 2.14. The summed E-state index contributed by atoms with van der Waals surface area (Å²) >= 11 is 0. The Hall–Kier alpha value is -2.46. The Kier molecular flexibility index (Phi) is 5.39. The van der Waals surface area contributed by atoms with Gasteiger partial charge in [0.1, 0.15) is 30.8 Å². The summed E-state index contributed by atoms with van der Waals surface area (Å²) in [6.45, 7) is 5.94. The van der Waals surface area contributed by atoms with E-state index in [2.05, 4.69) is 11.5 Å². The van der Waals surface area contributed by atoms with E-state index in [1.54, 1.807) is 0 Å². The highest BCUT2D eigenvalue weighted by Gasteiger charge is 2.20. The van der Waals surface area contributed by atoms with E-state index < -0.39 is 6.10 Å². The van der Waals surface area contributed by atoms with Gasteiger partial charge in [-0.05, 0) is 30.2 Å². The number of nitrogens with zero attached hydrogens (tertiary/aromatic N) is 1. The average molecular weight is 325 g/mol.